The molecule has 0 amide bonds. The number of rotatable bonds is 4. The molecule has 5 heteroatoms. The van der Waals surface area contributed by atoms with Crippen molar-refractivity contribution < 1.29 is 4.39 Å². The van der Waals surface area contributed by atoms with Gasteiger partial charge in [0.25, 0.3) is 0 Å². The average molecular weight is 341 g/mol. The molecule has 0 fully saturated rings. The Kier molecular flexibility index (Phi) is 4.99. The molecule has 1 atom stereocenters. The largest absolute Gasteiger partial charge is 0.271 e. The van der Waals surface area contributed by atoms with Crippen LogP contribution in [0.5, 0.6) is 0 Å². The summed E-state index contributed by atoms with van der Waals surface area (Å²) in [7, 11) is 0. The van der Waals surface area contributed by atoms with Crippen molar-refractivity contribution in [3.63, 3.8) is 0 Å². The van der Waals surface area contributed by atoms with E-state index < -0.39 is 0 Å². The van der Waals surface area contributed by atoms with Crippen molar-refractivity contribution in [2.75, 3.05) is 6.26 Å². The summed E-state index contributed by atoms with van der Waals surface area (Å²) >= 11 is 5.02. The molecule has 0 aliphatic rings. The van der Waals surface area contributed by atoms with Crippen molar-refractivity contribution in [2.24, 2.45) is 5.84 Å². The van der Waals surface area contributed by atoms with Crippen LogP contribution in [0.15, 0.2) is 51.8 Å². The van der Waals surface area contributed by atoms with Gasteiger partial charge in [0.15, 0.2) is 0 Å². The van der Waals surface area contributed by atoms with Gasteiger partial charge in [-0.1, -0.05) is 28.1 Å². The first kappa shape index (κ1) is 14.5. The summed E-state index contributed by atoms with van der Waals surface area (Å²) in [5.74, 6) is 5.31. The van der Waals surface area contributed by atoms with Gasteiger partial charge in [0.1, 0.15) is 5.82 Å². The minimum atomic E-state index is -0.367. The van der Waals surface area contributed by atoms with Gasteiger partial charge in [-0.25, -0.2) is 9.82 Å². The van der Waals surface area contributed by atoms with E-state index >= 15 is 0 Å². The molecule has 2 nitrogen and oxygen atoms in total. The average Bonchev–Trinajstić information content (AvgIpc) is 2.44. The summed E-state index contributed by atoms with van der Waals surface area (Å²) in [4.78, 5) is 1.16. The van der Waals surface area contributed by atoms with Crippen LogP contribution in [0.3, 0.4) is 0 Å². The second-order valence-electron chi connectivity index (χ2n) is 4.04. The molecule has 0 saturated heterocycles. The Labute approximate surface area is 124 Å². The van der Waals surface area contributed by atoms with E-state index in [-0.39, 0.29) is 11.9 Å². The zero-order valence-electron chi connectivity index (χ0n) is 10.4. The Hall–Kier alpha value is -0.880. The van der Waals surface area contributed by atoms with E-state index in [1.54, 1.807) is 23.9 Å². The van der Waals surface area contributed by atoms with Crippen LogP contribution in [0.25, 0.3) is 0 Å². The maximum absolute atomic E-state index is 13.9. The van der Waals surface area contributed by atoms with Gasteiger partial charge < -0.3 is 0 Å². The van der Waals surface area contributed by atoms with Crippen LogP contribution in [-0.4, -0.2) is 6.26 Å². The van der Waals surface area contributed by atoms with Crippen LogP contribution in [0.2, 0.25) is 0 Å². The quantitative estimate of drug-likeness (QED) is 0.504. The molecule has 0 radical (unpaired) electrons. The molecule has 0 aliphatic heterocycles. The number of nitrogens with two attached hydrogens (primary N) is 1. The Morgan fingerprint density at radius 1 is 1.21 bits per heavy atom. The molecule has 0 spiro atoms. The molecule has 0 aliphatic carbocycles. The Morgan fingerprint density at radius 3 is 2.47 bits per heavy atom. The molecule has 0 saturated carbocycles. The van der Waals surface area contributed by atoms with E-state index in [1.807, 2.05) is 30.5 Å². The van der Waals surface area contributed by atoms with Crippen LogP contribution in [0, 0.1) is 5.82 Å². The number of halogens is 2. The standard InChI is InChI=1S/C14H14BrFN2S/c1-19-11-5-2-9(3-6-11)14(18-17)12-8-10(15)4-7-13(12)16/h2-8,14,18H,17H2,1H3. The molecular weight excluding hydrogens is 327 g/mol. The minimum absolute atomic E-state index is 0.278. The maximum atomic E-state index is 13.9. The van der Waals surface area contributed by atoms with Crippen LogP contribution < -0.4 is 11.3 Å². The van der Waals surface area contributed by atoms with Gasteiger partial charge in [-0.2, -0.15) is 0 Å². The fraction of sp³-hybridized carbons (Fsp3) is 0.143. The predicted octanol–water partition coefficient (Wildman–Crippen LogP) is 3.86. The molecule has 1 unspecified atom stereocenters. The van der Waals surface area contributed by atoms with Gasteiger partial charge in [0.2, 0.25) is 0 Å². The van der Waals surface area contributed by atoms with Crippen LogP contribution in [0.4, 0.5) is 4.39 Å². The van der Waals surface area contributed by atoms with Crippen LogP contribution in [-0.2, 0) is 0 Å². The summed E-state index contributed by atoms with van der Waals surface area (Å²) in [6, 6.07) is 12.4. The number of benzene rings is 2. The van der Waals surface area contributed by atoms with E-state index in [1.165, 1.54) is 6.07 Å². The van der Waals surface area contributed by atoms with Crippen molar-refractivity contribution in [1.82, 2.24) is 5.43 Å². The normalized spacial score (nSPS) is 12.4. The first-order chi connectivity index (χ1) is 9.15. The predicted molar refractivity (Wildman–Crippen MR) is 81.5 cm³/mol. The van der Waals surface area contributed by atoms with E-state index in [2.05, 4.69) is 21.4 Å². The monoisotopic (exact) mass is 340 g/mol. The Morgan fingerprint density at radius 2 is 1.89 bits per heavy atom. The second-order valence-corrected chi connectivity index (χ2v) is 5.83. The molecule has 0 bridgehead atoms. The van der Waals surface area contributed by atoms with E-state index in [4.69, 9.17) is 5.84 Å². The Balaban J connectivity index is 2.40. The number of hydrogen-bond donors (Lipinski definition) is 2. The molecule has 2 aromatic carbocycles. The van der Waals surface area contributed by atoms with Crippen molar-refractivity contribution in [2.45, 2.75) is 10.9 Å². The number of nitrogens with one attached hydrogen (secondary N) is 1. The molecular formula is C14H14BrFN2S. The van der Waals surface area contributed by atoms with Gasteiger partial charge in [0, 0.05) is 14.9 Å². The molecule has 2 aromatic rings. The highest BCUT2D eigenvalue weighted by molar-refractivity contribution is 9.10. The van der Waals surface area contributed by atoms with Gasteiger partial charge in [0.05, 0.1) is 6.04 Å². The molecule has 0 aromatic heterocycles. The van der Waals surface area contributed by atoms with Crippen LogP contribution in [0.1, 0.15) is 17.2 Å². The lowest BCUT2D eigenvalue weighted by molar-refractivity contribution is 0.559. The third-order valence-electron chi connectivity index (χ3n) is 2.88. The lowest BCUT2D eigenvalue weighted by atomic mass is 9.99. The summed E-state index contributed by atoms with van der Waals surface area (Å²) < 4.78 is 14.7. The summed E-state index contributed by atoms with van der Waals surface area (Å²) in [6.07, 6.45) is 2.02. The van der Waals surface area contributed by atoms with Crippen molar-refractivity contribution >= 4 is 27.7 Å². The van der Waals surface area contributed by atoms with E-state index in [0.717, 1.165) is 14.9 Å². The van der Waals surface area contributed by atoms with Gasteiger partial charge in [-0.05, 0) is 42.2 Å². The zero-order valence-corrected chi connectivity index (χ0v) is 12.8. The second kappa shape index (κ2) is 6.52. The summed E-state index contributed by atoms with van der Waals surface area (Å²) in [5.41, 5.74) is 4.12. The summed E-state index contributed by atoms with van der Waals surface area (Å²) in [6.45, 7) is 0. The number of thioether (sulfide) groups is 1. The third-order valence-corrected chi connectivity index (χ3v) is 4.12. The molecule has 2 rings (SSSR count). The lowest BCUT2D eigenvalue weighted by Gasteiger charge is -2.18. The number of hydrogen-bond acceptors (Lipinski definition) is 3. The fourth-order valence-electron chi connectivity index (χ4n) is 1.90. The first-order valence-corrected chi connectivity index (χ1v) is 7.72. The minimum Gasteiger partial charge on any atom is -0.271 e. The van der Waals surface area contributed by atoms with Gasteiger partial charge in [-0.15, -0.1) is 11.8 Å². The van der Waals surface area contributed by atoms with Crippen LogP contribution >= 0.6 is 27.7 Å². The maximum Gasteiger partial charge on any atom is 0.128 e. The van der Waals surface area contributed by atoms with Crippen molar-refractivity contribution in [1.29, 1.82) is 0 Å². The van der Waals surface area contributed by atoms with Crippen molar-refractivity contribution in [3.8, 4) is 0 Å². The van der Waals surface area contributed by atoms with Crippen molar-refractivity contribution in [3.05, 3.63) is 63.9 Å². The van der Waals surface area contributed by atoms with Gasteiger partial charge >= 0.3 is 0 Å². The molecule has 19 heavy (non-hydrogen) atoms. The smallest absolute Gasteiger partial charge is 0.128 e. The highest BCUT2D eigenvalue weighted by atomic mass is 79.9. The molecule has 3 N–H and O–H groups in total. The SMILES string of the molecule is CSc1ccc(C(NN)c2cc(Br)ccc2F)cc1. The molecule has 0 heterocycles. The topological polar surface area (TPSA) is 38.0 Å². The molecule has 100 valence electrons. The first-order valence-electron chi connectivity index (χ1n) is 5.70. The van der Waals surface area contributed by atoms with Gasteiger partial charge in [-0.3, -0.25) is 5.84 Å². The van der Waals surface area contributed by atoms with E-state index in [9.17, 15) is 4.39 Å². The van der Waals surface area contributed by atoms with E-state index in [0.29, 0.717) is 5.56 Å². The Bertz CT molecular complexity index is 560. The highest BCUT2D eigenvalue weighted by Gasteiger charge is 2.16. The highest BCUT2D eigenvalue weighted by Crippen LogP contribution is 2.27. The lowest BCUT2D eigenvalue weighted by Crippen LogP contribution is -2.29. The summed E-state index contributed by atoms with van der Waals surface area (Å²) in [5, 5.41) is 0. The zero-order chi connectivity index (χ0) is 13.8. The third kappa shape index (κ3) is 3.36. The number of hydrazine groups is 1. The fourth-order valence-corrected chi connectivity index (χ4v) is 2.68.